The lowest BCUT2D eigenvalue weighted by Crippen LogP contribution is -2.12. The van der Waals surface area contributed by atoms with E-state index >= 15 is 0 Å². The zero-order valence-corrected chi connectivity index (χ0v) is 15.6. The molecule has 4 nitrogen and oxygen atoms in total. The van der Waals surface area contributed by atoms with Crippen LogP contribution in [0.4, 0.5) is 14.5 Å². The van der Waals surface area contributed by atoms with E-state index in [0.29, 0.717) is 12.8 Å². The maximum Gasteiger partial charge on any atom is 0.224 e. The Balaban J connectivity index is 1.53. The molecule has 0 saturated heterocycles. The second kappa shape index (κ2) is 8.22. The molecule has 0 bridgehead atoms. The van der Waals surface area contributed by atoms with E-state index in [1.807, 2.05) is 18.2 Å². The number of aromatic nitrogens is 2. The van der Waals surface area contributed by atoms with Crippen molar-refractivity contribution in [3.8, 4) is 11.4 Å². The Labute approximate surface area is 166 Å². The number of nitrogens with zero attached hydrogens (tertiary/aromatic N) is 1. The summed E-state index contributed by atoms with van der Waals surface area (Å²) >= 11 is 0. The molecule has 0 aliphatic rings. The van der Waals surface area contributed by atoms with Crippen LogP contribution in [0.2, 0.25) is 0 Å². The van der Waals surface area contributed by atoms with Crippen LogP contribution in [0.3, 0.4) is 0 Å². The Morgan fingerprint density at radius 3 is 2.66 bits per heavy atom. The first-order chi connectivity index (χ1) is 14.1. The number of halogens is 2. The van der Waals surface area contributed by atoms with E-state index in [0.717, 1.165) is 27.9 Å². The van der Waals surface area contributed by atoms with Crippen LogP contribution in [0.25, 0.3) is 22.3 Å². The molecule has 2 aromatic heterocycles. The summed E-state index contributed by atoms with van der Waals surface area (Å²) in [4.78, 5) is 19.9. The van der Waals surface area contributed by atoms with Gasteiger partial charge in [-0.3, -0.25) is 9.78 Å². The van der Waals surface area contributed by atoms with Gasteiger partial charge in [0, 0.05) is 23.5 Å². The van der Waals surface area contributed by atoms with Gasteiger partial charge >= 0.3 is 0 Å². The number of carbonyl (C=O) groups excluding carboxylic acids is 1. The summed E-state index contributed by atoms with van der Waals surface area (Å²) in [6.07, 6.45) is 3.01. The first kappa shape index (κ1) is 18.8. The van der Waals surface area contributed by atoms with Crippen molar-refractivity contribution < 1.29 is 13.6 Å². The monoisotopic (exact) mass is 391 g/mol. The second-order valence-corrected chi connectivity index (χ2v) is 6.77. The van der Waals surface area contributed by atoms with Gasteiger partial charge in [0.05, 0.1) is 17.1 Å². The van der Waals surface area contributed by atoms with Gasteiger partial charge < -0.3 is 10.3 Å². The summed E-state index contributed by atoms with van der Waals surface area (Å²) in [7, 11) is 0. The van der Waals surface area contributed by atoms with E-state index in [1.54, 1.807) is 24.4 Å². The van der Waals surface area contributed by atoms with Gasteiger partial charge in [0.25, 0.3) is 0 Å². The second-order valence-electron chi connectivity index (χ2n) is 6.77. The molecule has 0 saturated carbocycles. The number of aromatic amines is 1. The molecule has 4 rings (SSSR count). The molecule has 4 aromatic rings. The Bertz CT molecular complexity index is 1160. The Morgan fingerprint density at radius 2 is 1.86 bits per heavy atom. The number of fused-ring (bicyclic) bond motifs is 1. The largest absolute Gasteiger partial charge is 0.353 e. The van der Waals surface area contributed by atoms with Crippen LogP contribution in [0, 0.1) is 11.6 Å². The van der Waals surface area contributed by atoms with Crippen LogP contribution in [-0.4, -0.2) is 15.9 Å². The summed E-state index contributed by atoms with van der Waals surface area (Å²) in [6.45, 7) is 0. The van der Waals surface area contributed by atoms with Crippen LogP contribution >= 0.6 is 0 Å². The van der Waals surface area contributed by atoms with E-state index in [9.17, 15) is 13.6 Å². The maximum absolute atomic E-state index is 13.8. The third kappa shape index (κ3) is 4.16. The van der Waals surface area contributed by atoms with Gasteiger partial charge in [-0.05, 0) is 60.9 Å². The van der Waals surface area contributed by atoms with Crippen LogP contribution < -0.4 is 5.32 Å². The predicted octanol–water partition coefficient (Wildman–Crippen LogP) is 5.47. The number of rotatable bonds is 6. The van der Waals surface area contributed by atoms with Crippen molar-refractivity contribution >= 4 is 22.5 Å². The number of H-pyrrole nitrogens is 1. The fourth-order valence-corrected chi connectivity index (χ4v) is 3.41. The quantitative estimate of drug-likeness (QED) is 0.458. The van der Waals surface area contributed by atoms with Crippen molar-refractivity contribution in [3.63, 3.8) is 0 Å². The molecule has 0 aliphatic heterocycles. The van der Waals surface area contributed by atoms with Crippen molar-refractivity contribution in [3.05, 3.63) is 84.1 Å². The SMILES string of the molecule is O=C(CCCc1c(-c2ccccn2)[nH]c2ccc(F)cc12)Nc1ccccc1F. The van der Waals surface area contributed by atoms with Gasteiger partial charge in [-0.2, -0.15) is 0 Å². The van der Waals surface area contributed by atoms with Crippen molar-refractivity contribution in [1.82, 2.24) is 9.97 Å². The average molecular weight is 391 g/mol. The van der Waals surface area contributed by atoms with E-state index in [2.05, 4.69) is 15.3 Å². The molecule has 0 atom stereocenters. The van der Waals surface area contributed by atoms with Crippen molar-refractivity contribution in [2.75, 3.05) is 5.32 Å². The van der Waals surface area contributed by atoms with Gasteiger partial charge in [-0.1, -0.05) is 18.2 Å². The molecule has 2 heterocycles. The lowest BCUT2D eigenvalue weighted by molar-refractivity contribution is -0.116. The first-order valence-corrected chi connectivity index (χ1v) is 9.38. The third-order valence-corrected chi connectivity index (χ3v) is 4.77. The van der Waals surface area contributed by atoms with E-state index in [-0.39, 0.29) is 23.8 Å². The normalized spacial score (nSPS) is 11.0. The van der Waals surface area contributed by atoms with Crippen molar-refractivity contribution in [1.29, 1.82) is 0 Å². The van der Waals surface area contributed by atoms with Crippen LogP contribution in [0.5, 0.6) is 0 Å². The number of aryl methyl sites for hydroxylation is 1. The Hall–Kier alpha value is -3.54. The first-order valence-electron chi connectivity index (χ1n) is 9.38. The lowest BCUT2D eigenvalue weighted by Gasteiger charge is -2.07. The summed E-state index contributed by atoms with van der Waals surface area (Å²) in [5.41, 5.74) is 3.48. The number of anilines is 1. The molecular formula is C23H19F2N3O. The smallest absolute Gasteiger partial charge is 0.224 e. The average Bonchev–Trinajstić information content (AvgIpc) is 3.08. The number of pyridine rings is 1. The fourth-order valence-electron chi connectivity index (χ4n) is 3.41. The Kier molecular flexibility index (Phi) is 5.33. The van der Waals surface area contributed by atoms with Gasteiger partial charge in [0.1, 0.15) is 11.6 Å². The number of nitrogens with one attached hydrogen (secondary N) is 2. The van der Waals surface area contributed by atoms with Gasteiger partial charge in [-0.15, -0.1) is 0 Å². The minimum absolute atomic E-state index is 0.167. The highest BCUT2D eigenvalue weighted by Crippen LogP contribution is 2.31. The Morgan fingerprint density at radius 1 is 1.03 bits per heavy atom. The number of hydrogen-bond acceptors (Lipinski definition) is 2. The highest BCUT2D eigenvalue weighted by molar-refractivity contribution is 5.92. The molecule has 6 heteroatoms. The number of hydrogen-bond donors (Lipinski definition) is 2. The van der Waals surface area contributed by atoms with Crippen molar-refractivity contribution in [2.24, 2.45) is 0 Å². The highest BCUT2D eigenvalue weighted by Gasteiger charge is 2.15. The fraction of sp³-hybridized carbons (Fsp3) is 0.130. The summed E-state index contributed by atoms with van der Waals surface area (Å²) in [6, 6.07) is 16.3. The molecule has 2 N–H and O–H groups in total. The summed E-state index contributed by atoms with van der Waals surface area (Å²) < 4.78 is 27.5. The molecule has 0 radical (unpaired) electrons. The topological polar surface area (TPSA) is 57.8 Å². The van der Waals surface area contributed by atoms with E-state index in [4.69, 9.17) is 0 Å². The van der Waals surface area contributed by atoms with E-state index < -0.39 is 5.82 Å². The lowest BCUT2D eigenvalue weighted by atomic mass is 10.0. The molecule has 0 spiro atoms. The number of carbonyl (C=O) groups is 1. The van der Waals surface area contributed by atoms with Crippen molar-refractivity contribution in [2.45, 2.75) is 19.3 Å². The highest BCUT2D eigenvalue weighted by atomic mass is 19.1. The van der Waals surface area contributed by atoms with E-state index in [1.165, 1.54) is 24.3 Å². The molecule has 146 valence electrons. The van der Waals surface area contributed by atoms with Gasteiger partial charge in [-0.25, -0.2) is 8.78 Å². The molecule has 2 aromatic carbocycles. The number of benzene rings is 2. The summed E-state index contributed by atoms with van der Waals surface area (Å²) in [5.74, 6) is -1.05. The molecule has 29 heavy (non-hydrogen) atoms. The molecule has 0 unspecified atom stereocenters. The van der Waals surface area contributed by atoms with Crippen LogP contribution in [0.1, 0.15) is 18.4 Å². The molecule has 1 amide bonds. The molecule has 0 fully saturated rings. The standard InChI is InChI=1S/C23H19F2N3O/c24-15-11-12-19-17(14-15)16(23(28-19)21-9-3-4-13-26-21)6-5-10-22(29)27-20-8-2-1-7-18(20)25/h1-4,7-9,11-14,28H,5-6,10H2,(H,27,29). The molecular weight excluding hydrogens is 372 g/mol. The zero-order valence-electron chi connectivity index (χ0n) is 15.6. The maximum atomic E-state index is 13.8. The number of amides is 1. The van der Waals surface area contributed by atoms with Gasteiger partial charge in [0.15, 0.2) is 0 Å². The minimum Gasteiger partial charge on any atom is -0.353 e. The zero-order chi connectivity index (χ0) is 20.2. The molecule has 0 aliphatic carbocycles. The third-order valence-electron chi connectivity index (χ3n) is 4.77. The van der Waals surface area contributed by atoms with Crippen LogP contribution in [-0.2, 0) is 11.2 Å². The predicted molar refractivity (Wildman–Crippen MR) is 109 cm³/mol. The number of para-hydroxylation sites is 1. The van der Waals surface area contributed by atoms with Gasteiger partial charge in [0.2, 0.25) is 5.91 Å². The van der Waals surface area contributed by atoms with Crippen LogP contribution in [0.15, 0.2) is 66.9 Å². The summed E-state index contributed by atoms with van der Waals surface area (Å²) in [5, 5.41) is 3.37. The minimum atomic E-state index is -0.467.